The van der Waals surface area contributed by atoms with Crippen molar-refractivity contribution in [2.24, 2.45) is 0 Å². The van der Waals surface area contributed by atoms with Gasteiger partial charge in [0, 0.05) is 6.54 Å². The molecule has 0 radical (unpaired) electrons. The summed E-state index contributed by atoms with van der Waals surface area (Å²) in [6.07, 6.45) is 1.11. The summed E-state index contributed by atoms with van der Waals surface area (Å²) < 4.78 is 0. The second-order valence-electron chi connectivity index (χ2n) is 5.07. The minimum atomic E-state index is 0.303. The summed E-state index contributed by atoms with van der Waals surface area (Å²) in [6, 6.07) is 19.1. The van der Waals surface area contributed by atoms with Crippen molar-refractivity contribution >= 4 is 0 Å². The third kappa shape index (κ3) is 2.14. The Morgan fingerprint density at radius 1 is 1.11 bits per heavy atom. The molecule has 1 aliphatic rings. The highest BCUT2D eigenvalue weighted by Crippen LogP contribution is 2.33. The first kappa shape index (κ1) is 12.0. The summed E-state index contributed by atoms with van der Waals surface area (Å²) in [5, 5.41) is 8.89. The highest BCUT2D eigenvalue weighted by atomic mass is 15.1. The Bertz CT molecular complexity index is 622. The summed E-state index contributed by atoms with van der Waals surface area (Å²) >= 11 is 0. The highest BCUT2D eigenvalue weighted by Gasteiger charge is 2.25. The lowest BCUT2D eigenvalue weighted by atomic mass is 9.88. The summed E-state index contributed by atoms with van der Waals surface area (Å²) in [6.45, 7) is 1.07. The molecule has 0 amide bonds. The predicted octanol–water partition coefficient (Wildman–Crippen LogP) is 3.14. The zero-order valence-electron chi connectivity index (χ0n) is 11.0. The molecule has 2 heteroatoms. The van der Waals surface area contributed by atoms with Gasteiger partial charge in [-0.05, 0) is 42.3 Å². The van der Waals surface area contributed by atoms with Crippen molar-refractivity contribution in [2.45, 2.75) is 12.5 Å². The molecule has 0 saturated heterocycles. The van der Waals surface area contributed by atoms with Gasteiger partial charge in [0.15, 0.2) is 0 Å². The van der Waals surface area contributed by atoms with Crippen molar-refractivity contribution in [1.29, 1.82) is 5.26 Å². The first-order chi connectivity index (χ1) is 9.29. The molecule has 1 heterocycles. The van der Waals surface area contributed by atoms with Gasteiger partial charge in [-0.1, -0.05) is 36.4 Å². The first-order valence-electron chi connectivity index (χ1n) is 6.57. The maximum Gasteiger partial charge on any atom is 0.0991 e. The lowest BCUT2D eigenvalue weighted by Crippen LogP contribution is -2.32. The number of nitriles is 1. The Morgan fingerprint density at radius 2 is 1.84 bits per heavy atom. The fourth-order valence-corrected chi connectivity index (χ4v) is 2.87. The van der Waals surface area contributed by atoms with Gasteiger partial charge in [0.25, 0.3) is 0 Å². The molecule has 0 saturated carbocycles. The Balaban J connectivity index is 2.05. The number of rotatable bonds is 1. The van der Waals surface area contributed by atoms with E-state index in [0.717, 1.165) is 18.5 Å². The normalized spacial score (nSPS) is 18.6. The number of likely N-dealkylation sites (N-methyl/N-ethyl adjacent to an activating group) is 1. The quantitative estimate of drug-likeness (QED) is 0.775. The van der Waals surface area contributed by atoms with E-state index in [9.17, 15) is 0 Å². The van der Waals surface area contributed by atoms with Crippen LogP contribution in [0.2, 0.25) is 0 Å². The molecule has 1 atom stereocenters. The van der Waals surface area contributed by atoms with Crippen LogP contribution in [0.4, 0.5) is 0 Å². The number of hydrogen-bond donors (Lipinski definition) is 0. The SMILES string of the molecule is CN1CCc2ccccc2C1c1ccc(C#N)cc1. The van der Waals surface area contributed by atoms with E-state index in [4.69, 9.17) is 5.26 Å². The van der Waals surface area contributed by atoms with Crippen LogP contribution < -0.4 is 0 Å². The molecular weight excluding hydrogens is 232 g/mol. The van der Waals surface area contributed by atoms with Crippen molar-refractivity contribution in [3.8, 4) is 6.07 Å². The van der Waals surface area contributed by atoms with Crippen molar-refractivity contribution in [2.75, 3.05) is 13.6 Å². The van der Waals surface area contributed by atoms with Crippen molar-refractivity contribution in [3.63, 3.8) is 0 Å². The highest BCUT2D eigenvalue weighted by molar-refractivity contribution is 5.41. The molecule has 0 spiro atoms. The van der Waals surface area contributed by atoms with Gasteiger partial charge in [-0.3, -0.25) is 4.90 Å². The summed E-state index contributed by atoms with van der Waals surface area (Å²) in [4.78, 5) is 2.38. The van der Waals surface area contributed by atoms with Gasteiger partial charge < -0.3 is 0 Å². The molecular formula is C17H16N2. The number of benzene rings is 2. The van der Waals surface area contributed by atoms with Crippen molar-refractivity contribution in [1.82, 2.24) is 4.90 Å². The number of hydrogen-bond acceptors (Lipinski definition) is 2. The smallest absolute Gasteiger partial charge is 0.0991 e. The third-order valence-electron chi connectivity index (χ3n) is 3.88. The Kier molecular flexibility index (Phi) is 3.06. The van der Waals surface area contributed by atoms with E-state index in [1.165, 1.54) is 16.7 Å². The molecule has 2 aromatic rings. The zero-order valence-corrected chi connectivity index (χ0v) is 11.0. The lowest BCUT2D eigenvalue weighted by Gasteiger charge is -2.35. The molecule has 1 aliphatic heterocycles. The molecule has 0 aliphatic carbocycles. The standard InChI is InChI=1S/C17H16N2/c1-19-11-10-14-4-2-3-5-16(14)17(19)15-8-6-13(12-18)7-9-15/h2-9,17H,10-11H2,1H3. The molecule has 0 bridgehead atoms. The second kappa shape index (κ2) is 4.87. The van der Waals surface area contributed by atoms with Gasteiger partial charge >= 0.3 is 0 Å². The van der Waals surface area contributed by atoms with Crippen molar-refractivity contribution < 1.29 is 0 Å². The van der Waals surface area contributed by atoms with E-state index in [1.54, 1.807) is 0 Å². The molecule has 94 valence electrons. The summed E-state index contributed by atoms with van der Waals surface area (Å²) in [5.41, 5.74) is 4.81. The zero-order chi connectivity index (χ0) is 13.2. The van der Waals surface area contributed by atoms with E-state index in [1.807, 2.05) is 12.1 Å². The van der Waals surface area contributed by atoms with Gasteiger partial charge in [0.2, 0.25) is 0 Å². The molecule has 1 unspecified atom stereocenters. The fraction of sp³-hybridized carbons (Fsp3) is 0.235. The third-order valence-corrected chi connectivity index (χ3v) is 3.88. The number of nitrogens with zero attached hydrogens (tertiary/aromatic N) is 2. The predicted molar refractivity (Wildman–Crippen MR) is 75.8 cm³/mol. The molecule has 2 nitrogen and oxygen atoms in total. The van der Waals surface area contributed by atoms with Gasteiger partial charge in [-0.25, -0.2) is 0 Å². The van der Waals surface area contributed by atoms with Crippen molar-refractivity contribution in [3.05, 3.63) is 70.8 Å². The average molecular weight is 248 g/mol. The monoisotopic (exact) mass is 248 g/mol. The van der Waals surface area contributed by atoms with Crippen LogP contribution >= 0.6 is 0 Å². The average Bonchev–Trinajstić information content (AvgIpc) is 2.47. The minimum absolute atomic E-state index is 0.303. The number of fused-ring (bicyclic) bond motifs is 1. The van der Waals surface area contributed by atoms with Crippen LogP contribution in [0.1, 0.15) is 28.3 Å². The molecule has 2 aromatic carbocycles. The Morgan fingerprint density at radius 3 is 2.58 bits per heavy atom. The van der Waals surface area contributed by atoms with Gasteiger partial charge in [-0.2, -0.15) is 5.26 Å². The molecule has 0 fully saturated rings. The topological polar surface area (TPSA) is 27.0 Å². The van der Waals surface area contributed by atoms with Crippen LogP contribution in [0.15, 0.2) is 48.5 Å². The van der Waals surface area contributed by atoms with E-state index in [0.29, 0.717) is 6.04 Å². The van der Waals surface area contributed by atoms with E-state index in [2.05, 4.69) is 54.4 Å². The second-order valence-corrected chi connectivity index (χ2v) is 5.07. The van der Waals surface area contributed by atoms with E-state index in [-0.39, 0.29) is 0 Å². The van der Waals surface area contributed by atoms with Gasteiger partial charge in [0.05, 0.1) is 17.7 Å². The van der Waals surface area contributed by atoms with Gasteiger partial charge in [0.1, 0.15) is 0 Å². The van der Waals surface area contributed by atoms with Crippen LogP contribution in [-0.4, -0.2) is 18.5 Å². The van der Waals surface area contributed by atoms with Crippen LogP contribution in [0, 0.1) is 11.3 Å². The Labute approximate surface area is 113 Å². The molecule has 0 aromatic heterocycles. The summed E-state index contributed by atoms with van der Waals surface area (Å²) in [5.74, 6) is 0. The molecule has 19 heavy (non-hydrogen) atoms. The van der Waals surface area contributed by atoms with E-state index < -0.39 is 0 Å². The summed E-state index contributed by atoms with van der Waals surface area (Å²) in [7, 11) is 2.17. The molecule has 3 rings (SSSR count). The Hall–Kier alpha value is -2.11. The maximum atomic E-state index is 8.89. The maximum absolute atomic E-state index is 8.89. The first-order valence-corrected chi connectivity index (χ1v) is 6.57. The molecule has 0 N–H and O–H groups in total. The largest absolute Gasteiger partial charge is 0.295 e. The van der Waals surface area contributed by atoms with Crippen LogP contribution in [-0.2, 0) is 6.42 Å². The van der Waals surface area contributed by atoms with Crippen LogP contribution in [0.25, 0.3) is 0 Å². The lowest BCUT2D eigenvalue weighted by molar-refractivity contribution is 0.265. The minimum Gasteiger partial charge on any atom is -0.295 e. The van der Waals surface area contributed by atoms with E-state index >= 15 is 0 Å². The van der Waals surface area contributed by atoms with Crippen LogP contribution in [0.3, 0.4) is 0 Å². The van der Waals surface area contributed by atoms with Gasteiger partial charge in [-0.15, -0.1) is 0 Å². The fourth-order valence-electron chi connectivity index (χ4n) is 2.87. The van der Waals surface area contributed by atoms with Crippen LogP contribution in [0.5, 0.6) is 0 Å².